The molecule has 1 aliphatic rings. The molecular formula is C27H31N3O2. The number of benzene rings is 2. The van der Waals surface area contributed by atoms with E-state index in [2.05, 4.69) is 27.3 Å². The molecule has 1 aromatic heterocycles. The molecule has 0 aliphatic carbocycles. The van der Waals surface area contributed by atoms with Gasteiger partial charge in [0, 0.05) is 18.3 Å². The average Bonchev–Trinajstić information content (AvgIpc) is 2.84. The maximum atomic E-state index is 13.1. The van der Waals surface area contributed by atoms with Gasteiger partial charge in [0.15, 0.2) is 0 Å². The van der Waals surface area contributed by atoms with E-state index in [4.69, 9.17) is 4.74 Å². The Labute approximate surface area is 190 Å². The van der Waals surface area contributed by atoms with Crippen LogP contribution in [-0.4, -0.2) is 36.0 Å². The van der Waals surface area contributed by atoms with E-state index in [0.717, 1.165) is 55.0 Å². The van der Waals surface area contributed by atoms with Crippen LogP contribution in [0.2, 0.25) is 0 Å². The third-order valence-corrected chi connectivity index (χ3v) is 6.35. The molecule has 2 heterocycles. The van der Waals surface area contributed by atoms with Gasteiger partial charge in [-0.05, 0) is 80.2 Å². The number of nitrogens with one attached hydrogen (secondary N) is 1. The fraction of sp³-hybridized carbons (Fsp3) is 0.333. The van der Waals surface area contributed by atoms with Gasteiger partial charge in [-0.15, -0.1) is 0 Å². The maximum absolute atomic E-state index is 13.1. The lowest BCUT2D eigenvalue weighted by Crippen LogP contribution is -2.41. The quantitative estimate of drug-likeness (QED) is 0.587. The van der Waals surface area contributed by atoms with E-state index < -0.39 is 0 Å². The number of hydrogen-bond donors (Lipinski definition) is 1. The van der Waals surface area contributed by atoms with E-state index in [0.29, 0.717) is 5.92 Å². The zero-order valence-electron chi connectivity index (χ0n) is 18.8. The summed E-state index contributed by atoms with van der Waals surface area (Å²) in [4.78, 5) is 20.2. The number of piperidine rings is 1. The van der Waals surface area contributed by atoms with Crippen molar-refractivity contribution in [3.05, 3.63) is 95.3 Å². The summed E-state index contributed by atoms with van der Waals surface area (Å²) in [7, 11) is 1.69. The number of rotatable bonds is 7. The molecule has 1 saturated heterocycles. The predicted octanol–water partition coefficient (Wildman–Crippen LogP) is 4.78. The summed E-state index contributed by atoms with van der Waals surface area (Å²) in [6.45, 7) is 4.91. The van der Waals surface area contributed by atoms with Gasteiger partial charge in [-0.25, -0.2) is 0 Å². The second-order valence-corrected chi connectivity index (χ2v) is 8.48. The van der Waals surface area contributed by atoms with Gasteiger partial charge in [0.2, 0.25) is 0 Å². The number of pyridine rings is 1. The Morgan fingerprint density at radius 2 is 1.78 bits per heavy atom. The standard InChI is InChI=1S/C27H31N3O2/c1-20-7-3-4-8-24(20)27(31)29-26(25-9-5-6-16-28-25)22-14-17-30(18-15-22)19-21-10-12-23(32-2)13-11-21/h3-13,16,22,26H,14-15,17-19H2,1-2H3,(H,29,31). The molecule has 0 spiro atoms. The highest BCUT2D eigenvalue weighted by Gasteiger charge is 2.30. The van der Waals surface area contributed by atoms with Crippen LogP contribution in [0.15, 0.2) is 72.9 Å². The van der Waals surface area contributed by atoms with Crippen LogP contribution >= 0.6 is 0 Å². The molecule has 0 bridgehead atoms. The van der Waals surface area contributed by atoms with Crippen molar-refractivity contribution in [2.45, 2.75) is 32.4 Å². The third kappa shape index (κ3) is 5.35. The minimum atomic E-state index is -0.0913. The molecule has 1 unspecified atom stereocenters. The molecule has 1 fully saturated rings. The number of hydrogen-bond acceptors (Lipinski definition) is 4. The minimum absolute atomic E-state index is 0.0283. The van der Waals surface area contributed by atoms with E-state index in [1.165, 1.54) is 5.56 Å². The van der Waals surface area contributed by atoms with Gasteiger partial charge in [0.05, 0.1) is 18.8 Å². The van der Waals surface area contributed by atoms with Crippen molar-refractivity contribution >= 4 is 5.91 Å². The SMILES string of the molecule is COc1ccc(CN2CCC(C(NC(=O)c3ccccc3C)c3ccccn3)CC2)cc1. The number of aryl methyl sites for hydroxylation is 1. The van der Waals surface area contributed by atoms with E-state index in [1.54, 1.807) is 13.3 Å². The van der Waals surface area contributed by atoms with Crippen molar-refractivity contribution in [2.75, 3.05) is 20.2 Å². The Hall–Kier alpha value is -3.18. The monoisotopic (exact) mass is 429 g/mol. The molecular weight excluding hydrogens is 398 g/mol. The first kappa shape index (κ1) is 22.0. The topological polar surface area (TPSA) is 54.5 Å². The number of likely N-dealkylation sites (tertiary alicyclic amines) is 1. The number of methoxy groups -OCH3 is 1. The fourth-order valence-electron chi connectivity index (χ4n) is 4.47. The zero-order valence-corrected chi connectivity index (χ0v) is 18.8. The summed E-state index contributed by atoms with van der Waals surface area (Å²) in [5, 5.41) is 3.30. The molecule has 1 N–H and O–H groups in total. The molecule has 5 heteroatoms. The number of ether oxygens (including phenoxy) is 1. The zero-order chi connectivity index (χ0) is 22.3. The number of aromatic nitrogens is 1. The smallest absolute Gasteiger partial charge is 0.252 e. The summed E-state index contributed by atoms with van der Waals surface area (Å²) in [5.74, 6) is 1.21. The highest BCUT2D eigenvalue weighted by Crippen LogP contribution is 2.31. The molecule has 1 atom stereocenters. The van der Waals surface area contributed by atoms with Crippen LogP contribution in [0.1, 0.15) is 46.1 Å². The Kier molecular flexibility index (Phi) is 7.17. The van der Waals surface area contributed by atoms with Crippen LogP contribution in [-0.2, 0) is 6.54 Å². The summed E-state index contributed by atoms with van der Waals surface area (Å²) in [6, 6.07) is 21.9. The third-order valence-electron chi connectivity index (χ3n) is 6.35. The summed E-state index contributed by atoms with van der Waals surface area (Å²) >= 11 is 0. The molecule has 1 aliphatic heterocycles. The van der Waals surface area contributed by atoms with Gasteiger partial charge in [-0.1, -0.05) is 36.4 Å². The molecule has 3 aromatic rings. The van der Waals surface area contributed by atoms with Crippen molar-refractivity contribution in [3.63, 3.8) is 0 Å². The summed E-state index contributed by atoms with van der Waals surface area (Å²) in [6.07, 6.45) is 3.85. The Bertz CT molecular complexity index is 1010. The first-order valence-electron chi connectivity index (χ1n) is 11.3. The lowest BCUT2D eigenvalue weighted by Gasteiger charge is -2.36. The average molecular weight is 430 g/mol. The second kappa shape index (κ2) is 10.4. The van der Waals surface area contributed by atoms with E-state index in [-0.39, 0.29) is 11.9 Å². The molecule has 4 rings (SSSR count). The van der Waals surface area contributed by atoms with E-state index in [1.807, 2.05) is 61.5 Å². The van der Waals surface area contributed by atoms with Crippen LogP contribution < -0.4 is 10.1 Å². The lowest BCUT2D eigenvalue weighted by atomic mass is 9.86. The number of carbonyl (C=O) groups excluding carboxylic acids is 1. The van der Waals surface area contributed by atoms with Crippen molar-refractivity contribution < 1.29 is 9.53 Å². The van der Waals surface area contributed by atoms with Gasteiger partial charge < -0.3 is 10.1 Å². The molecule has 5 nitrogen and oxygen atoms in total. The predicted molar refractivity (Wildman–Crippen MR) is 127 cm³/mol. The summed E-state index contributed by atoms with van der Waals surface area (Å²) < 4.78 is 5.26. The first-order chi connectivity index (χ1) is 15.6. The van der Waals surface area contributed by atoms with Crippen LogP contribution in [0.25, 0.3) is 0 Å². The largest absolute Gasteiger partial charge is 0.497 e. The van der Waals surface area contributed by atoms with Crippen molar-refractivity contribution in [3.8, 4) is 5.75 Å². The first-order valence-corrected chi connectivity index (χ1v) is 11.3. The van der Waals surface area contributed by atoms with Crippen molar-refractivity contribution in [1.82, 2.24) is 15.2 Å². The number of amides is 1. The van der Waals surface area contributed by atoms with Crippen LogP contribution in [0.4, 0.5) is 0 Å². The highest BCUT2D eigenvalue weighted by molar-refractivity contribution is 5.95. The van der Waals surface area contributed by atoms with Crippen molar-refractivity contribution in [1.29, 1.82) is 0 Å². The second-order valence-electron chi connectivity index (χ2n) is 8.48. The molecule has 1 amide bonds. The molecule has 0 radical (unpaired) electrons. The van der Waals surface area contributed by atoms with E-state index in [9.17, 15) is 4.79 Å². The maximum Gasteiger partial charge on any atom is 0.252 e. The fourth-order valence-corrected chi connectivity index (χ4v) is 4.47. The molecule has 166 valence electrons. The Morgan fingerprint density at radius 1 is 1.06 bits per heavy atom. The molecule has 0 saturated carbocycles. The lowest BCUT2D eigenvalue weighted by molar-refractivity contribution is 0.0887. The van der Waals surface area contributed by atoms with Gasteiger partial charge in [0.1, 0.15) is 5.75 Å². The van der Waals surface area contributed by atoms with E-state index >= 15 is 0 Å². The normalized spacial score (nSPS) is 15.8. The van der Waals surface area contributed by atoms with Gasteiger partial charge >= 0.3 is 0 Å². The minimum Gasteiger partial charge on any atom is -0.497 e. The number of nitrogens with zero attached hydrogens (tertiary/aromatic N) is 2. The van der Waals surface area contributed by atoms with Gasteiger partial charge in [-0.3, -0.25) is 14.7 Å². The Balaban J connectivity index is 1.43. The van der Waals surface area contributed by atoms with Gasteiger partial charge in [0.25, 0.3) is 5.91 Å². The van der Waals surface area contributed by atoms with Crippen LogP contribution in [0.3, 0.4) is 0 Å². The highest BCUT2D eigenvalue weighted by atomic mass is 16.5. The number of carbonyl (C=O) groups is 1. The Morgan fingerprint density at radius 3 is 2.44 bits per heavy atom. The molecule has 2 aromatic carbocycles. The van der Waals surface area contributed by atoms with Gasteiger partial charge in [-0.2, -0.15) is 0 Å². The molecule has 32 heavy (non-hydrogen) atoms. The summed E-state index contributed by atoms with van der Waals surface area (Å²) in [5.41, 5.74) is 3.94. The van der Waals surface area contributed by atoms with Crippen LogP contribution in [0.5, 0.6) is 5.75 Å². The van der Waals surface area contributed by atoms with Crippen LogP contribution in [0, 0.1) is 12.8 Å². The van der Waals surface area contributed by atoms with Crippen molar-refractivity contribution in [2.24, 2.45) is 5.92 Å².